The summed E-state index contributed by atoms with van der Waals surface area (Å²) in [6.45, 7) is 1.78. The number of allylic oxidation sites excluding steroid dienone is 2. The summed E-state index contributed by atoms with van der Waals surface area (Å²) in [5, 5.41) is 11.5. The Labute approximate surface area is 255 Å². The molecular formula is C33H26BrClN2O5. The van der Waals surface area contributed by atoms with E-state index in [0.717, 1.165) is 10.0 Å². The Morgan fingerprint density at radius 3 is 2.26 bits per heavy atom. The third-order valence-corrected chi connectivity index (χ3v) is 10.4. The maximum absolute atomic E-state index is 14.4. The van der Waals surface area contributed by atoms with Gasteiger partial charge in [-0.25, -0.2) is 4.90 Å². The lowest BCUT2D eigenvalue weighted by molar-refractivity contribution is -0.131. The molecule has 4 amide bonds. The molecule has 1 saturated carbocycles. The van der Waals surface area contributed by atoms with Crippen LogP contribution in [0.1, 0.15) is 31.2 Å². The molecule has 0 aromatic heterocycles. The third kappa shape index (κ3) is 3.71. The largest absolute Gasteiger partial charge is 0.508 e. The van der Waals surface area contributed by atoms with E-state index in [1.807, 2.05) is 12.1 Å². The molecule has 3 aromatic carbocycles. The fraction of sp³-hybridized carbons (Fsp3) is 0.273. The molecular weight excluding hydrogens is 620 g/mol. The molecule has 6 atom stereocenters. The molecule has 3 aromatic rings. The van der Waals surface area contributed by atoms with E-state index in [2.05, 4.69) is 15.9 Å². The summed E-state index contributed by atoms with van der Waals surface area (Å²) < 4.78 is 0.829. The van der Waals surface area contributed by atoms with Crippen molar-refractivity contribution < 1.29 is 24.3 Å². The summed E-state index contributed by atoms with van der Waals surface area (Å²) in [7, 11) is 0. The van der Waals surface area contributed by atoms with Gasteiger partial charge in [0.2, 0.25) is 23.6 Å². The molecule has 6 unspecified atom stereocenters. The highest BCUT2D eigenvalue weighted by Crippen LogP contribution is 2.64. The van der Waals surface area contributed by atoms with Crippen LogP contribution in [0.4, 0.5) is 11.4 Å². The van der Waals surface area contributed by atoms with Gasteiger partial charge in [0.15, 0.2) is 0 Å². The molecule has 212 valence electrons. The van der Waals surface area contributed by atoms with E-state index in [4.69, 9.17) is 11.6 Å². The number of amides is 4. The lowest BCUT2D eigenvalue weighted by Gasteiger charge is -2.49. The number of rotatable bonds is 3. The Kier molecular flexibility index (Phi) is 6.22. The number of halogens is 2. The number of imide groups is 2. The summed E-state index contributed by atoms with van der Waals surface area (Å²) in [6.07, 6.45) is 2.51. The van der Waals surface area contributed by atoms with E-state index in [1.54, 1.807) is 67.6 Å². The van der Waals surface area contributed by atoms with E-state index < -0.39 is 35.0 Å². The Hall–Kier alpha value is -3.75. The van der Waals surface area contributed by atoms with Crippen LogP contribution in [0.5, 0.6) is 5.75 Å². The Balaban J connectivity index is 1.38. The summed E-state index contributed by atoms with van der Waals surface area (Å²) >= 11 is 9.82. The quantitative estimate of drug-likeness (QED) is 0.269. The molecule has 1 N–H and O–H groups in total. The maximum atomic E-state index is 14.4. The standard InChI is InChI=1S/C33H26BrClN2O5/c1-33-25(30(40)37(32(33)42)19-5-3-2-4-6-19)16-23-21(28(33)24-15-18(35)9-14-26(24)38)12-13-22-27(23)31(41)36(29(22)39)20-10-7-17(34)8-11-20/h2-12,14-15,22-23,25,27-28,38H,13,16H2,1H3. The van der Waals surface area contributed by atoms with Gasteiger partial charge in [0.1, 0.15) is 5.75 Å². The number of nitrogens with zero attached hydrogens (tertiary/aromatic N) is 2. The second-order valence-electron chi connectivity index (χ2n) is 11.7. The van der Waals surface area contributed by atoms with Gasteiger partial charge in [-0.3, -0.25) is 24.1 Å². The van der Waals surface area contributed by atoms with E-state index in [0.29, 0.717) is 28.4 Å². The first-order valence-electron chi connectivity index (χ1n) is 13.9. The van der Waals surface area contributed by atoms with Crippen molar-refractivity contribution in [3.05, 3.63) is 99.5 Å². The molecule has 7 nitrogen and oxygen atoms in total. The molecule has 0 bridgehead atoms. The second-order valence-corrected chi connectivity index (χ2v) is 13.0. The highest BCUT2D eigenvalue weighted by molar-refractivity contribution is 9.10. The van der Waals surface area contributed by atoms with Crippen LogP contribution in [0.25, 0.3) is 0 Å². The van der Waals surface area contributed by atoms with Crippen molar-refractivity contribution in [2.24, 2.45) is 29.1 Å². The number of phenolic OH excluding ortho intramolecular Hbond substituents is 1. The molecule has 4 aliphatic rings. The lowest BCUT2D eigenvalue weighted by Crippen LogP contribution is -2.48. The van der Waals surface area contributed by atoms with Crippen molar-refractivity contribution in [3.8, 4) is 5.75 Å². The summed E-state index contributed by atoms with van der Waals surface area (Å²) in [4.78, 5) is 58.8. The molecule has 42 heavy (non-hydrogen) atoms. The van der Waals surface area contributed by atoms with Crippen LogP contribution in [0.15, 0.2) is 88.9 Å². The van der Waals surface area contributed by atoms with Crippen LogP contribution in [0, 0.1) is 29.1 Å². The van der Waals surface area contributed by atoms with E-state index in [1.165, 1.54) is 15.9 Å². The average molecular weight is 646 g/mol. The highest BCUT2D eigenvalue weighted by atomic mass is 79.9. The zero-order valence-corrected chi connectivity index (χ0v) is 24.9. The minimum Gasteiger partial charge on any atom is -0.508 e. The first-order chi connectivity index (χ1) is 20.1. The van der Waals surface area contributed by atoms with Gasteiger partial charge in [0, 0.05) is 21.0 Å². The summed E-state index contributed by atoms with van der Waals surface area (Å²) in [5.74, 6) is -4.58. The van der Waals surface area contributed by atoms with Gasteiger partial charge < -0.3 is 5.11 Å². The zero-order chi connectivity index (χ0) is 29.5. The monoisotopic (exact) mass is 644 g/mol. The van der Waals surface area contributed by atoms with Crippen molar-refractivity contribution in [2.75, 3.05) is 9.80 Å². The van der Waals surface area contributed by atoms with Crippen LogP contribution in [0.3, 0.4) is 0 Å². The lowest BCUT2D eigenvalue weighted by atomic mass is 9.51. The van der Waals surface area contributed by atoms with Crippen molar-refractivity contribution >= 4 is 62.5 Å². The van der Waals surface area contributed by atoms with Crippen LogP contribution in [0.2, 0.25) is 5.02 Å². The normalized spacial score (nSPS) is 30.3. The second kappa shape index (κ2) is 9.64. The number of hydrogen-bond acceptors (Lipinski definition) is 5. The van der Waals surface area contributed by atoms with Gasteiger partial charge in [-0.2, -0.15) is 0 Å². The minimum absolute atomic E-state index is 0.0447. The molecule has 0 radical (unpaired) electrons. The number of carbonyl (C=O) groups is 4. The van der Waals surface area contributed by atoms with Gasteiger partial charge in [-0.15, -0.1) is 0 Å². The highest BCUT2D eigenvalue weighted by Gasteiger charge is 2.68. The first kappa shape index (κ1) is 27.1. The average Bonchev–Trinajstić information content (AvgIpc) is 3.35. The number of phenols is 1. The van der Waals surface area contributed by atoms with Crippen LogP contribution in [-0.4, -0.2) is 28.7 Å². The molecule has 2 aliphatic heterocycles. The molecule has 0 spiro atoms. The molecule has 3 fully saturated rings. The topological polar surface area (TPSA) is 95.0 Å². The molecule has 9 heteroatoms. The minimum atomic E-state index is -1.25. The first-order valence-corrected chi connectivity index (χ1v) is 15.0. The summed E-state index contributed by atoms with van der Waals surface area (Å²) in [6, 6.07) is 20.5. The summed E-state index contributed by atoms with van der Waals surface area (Å²) in [5.41, 5.74) is 0.947. The van der Waals surface area contributed by atoms with Crippen LogP contribution >= 0.6 is 27.5 Å². The number of benzene rings is 3. The fourth-order valence-electron chi connectivity index (χ4n) is 7.78. The molecule has 7 rings (SSSR count). The number of fused-ring (bicyclic) bond motifs is 4. The zero-order valence-electron chi connectivity index (χ0n) is 22.5. The van der Waals surface area contributed by atoms with Gasteiger partial charge in [-0.1, -0.05) is 57.4 Å². The van der Waals surface area contributed by atoms with Crippen molar-refractivity contribution in [1.29, 1.82) is 0 Å². The smallest absolute Gasteiger partial charge is 0.241 e. The van der Waals surface area contributed by atoms with Crippen LogP contribution < -0.4 is 9.80 Å². The third-order valence-electron chi connectivity index (χ3n) is 9.67. The van der Waals surface area contributed by atoms with Crippen molar-refractivity contribution in [1.82, 2.24) is 0 Å². The molecule has 2 aliphatic carbocycles. The van der Waals surface area contributed by atoms with Gasteiger partial charge in [-0.05, 0) is 80.3 Å². The van der Waals surface area contributed by atoms with E-state index in [-0.39, 0.29) is 35.8 Å². The Morgan fingerprint density at radius 2 is 1.55 bits per heavy atom. The van der Waals surface area contributed by atoms with E-state index >= 15 is 0 Å². The predicted molar refractivity (Wildman–Crippen MR) is 161 cm³/mol. The van der Waals surface area contributed by atoms with Gasteiger partial charge in [0.05, 0.1) is 34.5 Å². The Bertz CT molecular complexity index is 1710. The number of anilines is 2. The van der Waals surface area contributed by atoms with Crippen molar-refractivity contribution in [3.63, 3.8) is 0 Å². The van der Waals surface area contributed by atoms with Gasteiger partial charge in [0.25, 0.3) is 0 Å². The van der Waals surface area contributed by atoms with Crippen molar-refractivity contribution in [2.45, 2.75) is 25.7 Å². The number of para-hydroxylation sites is 1. The maximum Gasteiger partial charge on any atom is 0.241 e. The van der Waals surface area contributed by atoms with Crippen LogP contribution in [-0.2, 0) is 19.2 Å². The molecule has 2 saturated heterocycles. The number of carbonyl (C=O) groups excluding carboxylic acids is 4. The number of aromatic hydroxyl groups is 1. The predicted octanol–water partition coefficient (Wildman–Crippen LogP) is 6.24. The Morgan fingerprint density at radius 1 is 0.857 bits per heavy atom. The number of hydrogen-bond donors (Lipinski definition) is 1. The SMILES string of the molecule is CC12C(=O)N(c3ccccc3)C(=O)C1CC1C(=CCC3C(=O)N(c4ccc(Br)cc4)C(=O)C31)C2c1cc(Cl)ccc1O. The van der Waals surface area contributed by atoms with Gasteiger partial charge >= 0.3 is 0 Å². The fourth-order valence-corrected chi connectivity index (χ4v) is 8.23. The van der Waals surface area contributed by atoms with E-state index in [9.17, 15) is 24.3 Å². The molecule has 2 heterocycles.